The van der Waals surface area contributed by atoms with Gasteiger partial charge in [0.15, 0.2) is 0 Å². The van der Waals surface area contributed by atoms with E-state index in [-0.39, 0.29) is 22.9 Å². The topological polar surface area (TPSA) is 84.2 Å². The zero-order chi connectivity index (χ0) is 33.6. The summed E-state index contributed by atoms with van der Waals surface area (Å²) in [6.07, 6.45) is 0. The van der Waals surface area contributed by atoms with Gasteiger partial charge in [0.25, 0.3) is 11.8 Å². The molecule has 0 aliphatic rings. The molecule has 236 valence electrons. The van der Waals surface area contributed by atoms with Crippen LogP contribution in [0.25, 0.3) is 44.5 Å². The third-order valence-electron chi connectivity index (χ3n) is 8.29. The van der Waals surface area contributed by atoms with E-state index in [4.69, 9.17) is 5.73 Å². The molecule has 7 aromatic carbocycles. The Kier molecular flexibility index (Phi) is 8.80. The van der Waals surface area contributed by atoms with Gasteiger partial charge in [0, 0.05) is 28.2 Å². The molecule has 0 radical (unpaired) electrons. The molecular weight excluding hydrogens is 603 g/mol. The fourth-order valence-corrected chi connectivity index (χ4v) is 5.91. The van der Waals surface area contributed by atoms with Gasteiger partial charge in [-0.05, 0) is 99.1 Å². The number of hydrogen-bond acceptors (Lipinski definition) is 3. The fourth-order valence-electron chi connectivity index (χ4n) is 5.91. The normalized spacial score (nSPS) is 10.7. The van der Waals surface area contributed by atoms with Crippen LogP contribution in [0.5, 0.6) is 0 Å². The molecule has 7 aromatic rings. The van der Waals surface area contributed by atoms with Crippen molar-refractivity contribution in [2.24, 2.45) is 0 Å². The Labute approximate surface area is 285 Å². The molecule has 0 bridgehead atoms. The third kappa shape index (κ3) is 7.32. The standard InChI is InChI=1S/C44H33N3O2/c45-40-24-38(43(48)46-41-26-34(30-13-5-1-6-14-30)21-35(27-41)31-15-7-2-8-16-31)23-39(25-40)44(49)47-42-28-36(32-17-9-3-10-18-32)22-37(29-42)33-19-11-4-12-20-33/h1-29H,45H2,(H,46,48)(H,47,49). The first-order valence-corrected chi connectivity index (χ1v) is 16.0. The lowest BCUT2D eigenvalue weighted by molar-refractivity contribution is 0.102. The summed E-state index contributed by atoms with van der Waals surface area (Å²) in [6.45, 7) is 0. The number of carbonyl (C=O) groups is 2. The van der Waals surface area contributed by atoms with Crippen molar-refractivity contribution in [1.82, 2.24) is 0 Å². The highest BCUT2D eigenvalue weighted by Gasteiger charge is 2.16. The number of nitrogen functional groups attached to an aromatic ring is 1. The van der Waals surface area contributed by atoms with Crippen LogP contribution in [0.2, 0.25) is 0 Å². The van der Waals surface area contributed by atoms with Crippen LogP contribution in [0, 0.1) is 0 Å². The Morgan fingerprint density at radius 3 is 0.918 bits per heavy atom. The SMILES string of the molecule is Nc1cc(C(=O)Nc2cc(-c3ccccc3)cc(-c3ccccc3)c2)cc(C(=O)Nc2cc(-c3ccccc3)cc(-c3ccccc3)c2)c1. The van der Waals surface area contributed by atoms with Gasteiger partial charge in [-0.1, -0.05) is 121 Å². The molecule has 2 amide bonds. The van der Waals surface area contributed by atoms with E-state index in [1.54, 1.807) is 18.2 Å². The zero-order valence-electron chi connectivity index (χ0n) is 26.6. The van der Waals surface area contributed by atoms with Gasteiger partial charge in [-0.15, -0.1) is 0 Å². The van der Waals surface area contributed by atoms with Gasteiger partial charge in [0.1, 0.15) is 0 Å². The van der Waals surface area contributed by atoms with Gasteiger partial charge in [-0.3, -0.25) is 9.59 Å². The fraction of sp³-hybridized carbons (Fsp3) is 0. The van der Waals surface area contributed by atoms with Crippen molar-refractivity contribution >= 4 is 28.9 Å². The highest BCUT2D eigenvalue weighted by Crippen LogP contribution is 2.32. The minimum absolute atomic E-state index is 0.277. The summed E-state index contributed by atoms with van der Waals surface area (Å²) in [7, 11) is 0. The predicted octanol–water partition coefficient (Wildman–Crippen LogP) is 10.4. The lowest BCUT2D eigenvalue weighted by atomic mass is 9.97. The van der Waals surface area contributed by atoms with Crippen LogP contribution in [0.3, 0.4) is 0 Å². The van der Waals surface area contributed by atoms with Crippen LogP contribution < -0.4 is 16.4 Å². The molecule has 0 fully saturated rings. The Morgan fingerprint density at radius 2 is 0.633 bits per heavy atom. The number of benzene rings is 7. The summed E-state index contributed by atoms with van der Waals surface area (Å²) in [5.41, 5.74) is 16.4. The van der Waals surface area contributed by atoms with Crippen molar-refractivity contribution in [3.05, 3.63) is 187 Å². The molecule has 0 aromatic heterocycles. The summed E-state index contributed by atoms with van der Waals surface area (Å²) >= 11 is 0. The number of carbonyl (C=O) groups excluding carboxylic acids is 2. The molecule has 0 heterocycles. The highest BCUT2D eigenvalue weighted by atomic mass is 16.2. The van der Waals surface area contributed by atoms with E-state index in [2.05, 4.69) is 22.8 Å². The van der Waals surface area contributed by atoms with E-state index in [0.29, 0.717) is 17.1 Å². The molecule has 0 saturated heterocycles. The Morgan fingerprint density at radius 1 is 0.347 bits per heavy atom. The highest BCUT2D eigenvalue weighted by molar-refractivity contribution is 6.10. The second-order valence-electron chi connectivity index (χ2n) is 11.8. The average Bonchev–Trinajstić information content (AvgIpc) is 3.15. The minimum atomic E-state index is -0.372. The van der Waals surface area contributed by atoms with E-state index in [0.717, 1.165) is 44.5 Å². The summed E-state index contributed by atoms with van der Waals surface area (Å²) in [6, 6.07) is 56.9. The smallest absolute Gasteiger partial charge is 0.255 e. The molecule has 5 nitrogen and oxygen atoms in total. The van der Waals surface area contributed by atoms with Crippen molar-refractivity contribution in [2.75, 3.05) is 16.4 Å². The monoisotopic (exact) mass is 635 g/mol. The molecule has 49 heavy (non-hydrogen) atoms. The van der Waals surface area contributed by atoms with E-state index in [1.165, 1.54) is 0 Å². The predicted molar refractivity (Wildman–Crippen MR) is 201 cm³/mol. The molecule has 5 heteroatoms. The number of hydrogen-bond donors (Lipinski definition) is 3. The van der Waals surface area contributed by atoms with Crippen LogP contribution in [0.4, 0.5) is 17.1 Å². The average molecular weight is 636 g/mol. The van der Waals surface area contributed by atoms with Crippen LogP contribution in [0.15, 0.2) is 176 Å². The first kappa shape index (κ1) is 30.9. The molecule has 0 unspecified atom stereocenters. The molecular formula is C44H33N3O2. The summed E-state index contributed by atoms with van der Waals surface area (Å²) < 4.78 is 0. The number of anilines is 3. The number of amides is 2. The quantitative estimate of drug-likeness (QED) is 0.145. The first-order chi connectivity index (χ1) is 24.0. The van der Waals surface area contributed by atoms with Gasteiger partial charge in [-0.25, -0.2) is 0 Å². The molecule has 7 rings (SSSR count). The van der Waals surface area contributed by atoms with Crippen molar-refractivity contribution < 1.29 is 9.59 Å². The number of rotatable bonds is 8. The maximum Gasteiger partial charge on any atom is 0.255 e. The van der Waals surface area contributed by atoms with Gasteiger partial charge >= 0.3 is 0 Å². The minimum Gasteiger partial charge on any atom is -0.399 e. The van der Waals surface area contributed by atoms with E-state index < -0.39 is 0 Å². The van der Waals surface area contributed by atoms with E-state index in [1.807, 2.05) is 146 Å². The first-order valence-electron chi connectivity index (χ1n) is 16.0. The van der Waals surface area contributed by atoms with Crippen LogP contribution >= 0.6 is 0 Å². The van der Waals surface area contributed by atoms with Crippen molar-refractivity contribution in [3.63, 3.8) is 0 Å². The lowest BCUT2D eigenvalue weighted by Gasteiger charge is -2.14. The molecule has 4 N–H and O–H groups in total. The Bertz CT molecular complexity index is 1980. The summed E-state index contributed by atoms with van der Waals surface area (Å²) in [5.74, 6) is -0.744. The molecule has 0 spiro atoms. The van der Waals surface area contributed by atoms with Crippen molar-refractivity contribution in [1.29, 1.82) is 0 Å². The lowest BCUT2D eigenvalue weighted by Crippen LogP contribution is -2.16. The molecule has 0 atom stereocenters. The molecule has 0 saturated carbocycles. The molecule has 0 aliphatic heterocycles. The Balaban J connectivity index is 1.18. The van der Waals surface area contributed by atoms with Gasteiger partial charge in [0.05, 0.1) is 0 Å². The second kappa shape index (κ2) is 14.0. The molecule has 0 aliphatic carbocycles. The maximum absolute atomic E-state index is 13.7. The van der Waals surface area contributed by atoms with Crippen molar-refractivity contribution in [3.8, 4) is 44.5 Å². The van der Waals surface area contributed by atoms with Crippen LogP contribution in [-0.4, -0.2) is 11.8 Å². The number of nitrogens with one attached hydrogen (secondary N) is 2. The third-order valence-corrected chi connectivity index (χ3v) is 8.29. The maximum atomic E-state index is 13.7. The van der Waals surface area contributed by atoms with E-state index in [9.17, 15) is 9.59 Å². The number of nitrogens with two attached hydrogens (primary N) is 1. The van der Waals surface area contributed by atoms with Gasteiger partial charge < -0.3 is 16.4 Å². The summed E-state index contributed by atoms with van der Waals surface area (Å²) in [5, 5.41) is 6.09. The van der Waals surface area contributed by atoms with Gasteiger partial charge in [-0.2, -0.15) is 0 Å². The Hall–Kier alpha value is -6.72. The second-order valence-corrected chi connectivity index (χ2v) is 11.8. The van der Waals surface area contributed by atoms with E-state index >= 15 is 0 Å². The zero-order valence-corrected chi connectivity index (χ0v) is 26.6. The largest absolute Gasteiger partial charge is 0.399 e. The van der Waals surface area contributed by atoms with Crippen LogP contribution in [-0.2, 0) is 0 Å². The van der Waals surface area contributed by atoms with Crippen LogP contribution in [0.1, 0.15) is 20.7 Å². The summed E-state index contributed by atoms with van der Waals surface area (Å²) in [4.78, 5) is 27.4. The van der Waals surface area contributed by atoms with Crippen molar-refractivity contribution in [2.45, 2.75) is 0 Å². The van der Waals surface area contributed by atoms with Gasteiger partial charge in [0.2, 0.25) is 0 Å².